The van der Waals surface area contributed by atoms with Gasteiger partial charge in [0, 0.05) is 17.3 Å². The van der Waals surface area contributed by atoms with Crippen molar-refractivity contribution in [1.29, 1.82) is 0 Å². The predicted octanol–water partition coefficient (Wildman–Crippen LogP) is 4.85. The van der Waals surface area contributed by atoms with Crippen LogP contribution in [-0.2, 0) is 4.79 Å². The highest BCUT2D eigenvalue weighted by atomic mass is 16.1. The summed E-state index contributed by atoms with van der Waals surface area (Å²) in [5.41, 5.74) is 2.96. The standard InChI is InChI=1S/C20H26O/c1-13-8-10-19(2)14(12-13)4-5-15-16-6-7-18(21)20(16,3)11-9-17(15)19/h8,10,12,15-17H,1,4-7,9,11H2,2-3H3/t15-,16-,17-,19-,20-/m1/s1. The van der Waals surface area contributed by atoms with Gasteiger partial charge >= 0.3 is 0 Å². The number of Topliss-reactive ketones (excluding diaryl/α,β-unsaturated/α-hetero) is 1. The third-order valence-corrected chi connectivity index (χ3v) is 7.36. The summed E-state index contributed by atoms with van der Waals surface area (Å²) >= 11 is 0. The van der Waals surface area contributed by atoms with E-state index in [0.29, 0.717) is 11.7 Å². The average Bonchev–Trinajstić information content (AvgIpc) is 2.76. The van der Waals surface area contributed by atoms with Crippen LogP contribution in [0.5, 0.6) is 0 Å². The smallest absolute Gasteiger partial charge is 0.139 e. The molecule has 0 heterocycles. The summed E-state index contributed by atoms with van der Waals surface area (Å²) in [4.78, 5) is 12.4. The summed E-state index contributed by atoms with van der Waals surface area (Å²) in [6.45, 7) is 8.79. The van der Waals surface area contributed by atoms with E-state index in [4.69, 9.17) is 0 Å². The summed E-state index contributed by atoms with van der Waals surface area (Å²) in [7, 11) is 0. The molecule has 0 aromatic carbocycles. The van der Waals surface area contributed by atoms with Crippen molar-refractivity contribution in [2.45, 2.75) is 52.4 Å². The van der Waals surface area contributed by atoms with Crippen molar-refractivity contribution in [2.24, 2.45) is 28.6 Å². The lowest BCUT2D eigenvalue weighted by Crippen LogP contribution is -2.49. The second-order valence-corrected chi connectivity index (χ2v) is 8.19. The van der Waals surface area contributed by atoms with Crippen molar-refractivity contribution in [1.82, 2.24) is 0 Å². The second-order valence-electron chi connectivity index (χ2n) is 8.19. The number of hydrogen-bond acceptors (Lipinski definition) is 1. The van der Waals surface area contributed by atoms with Crippen LogP contribution < -0.4 is 0 Å². The Hall–Kier alpha value is -1.11. The van der Waals surface area contributed by atoms with Crippen LogP contribution >= 0.6 is 0 Å². The minimum Gasteiger partial charge on any atom is -0.299 e. The van der Waals surface area contributed by atoms with Crippen LogP contribution in [0.3, 0.4) is 0 Å². The molecule has 4 aliphatic rings. The summed E-state index contributed by atoms with van der Waals surface area (Å²) < 4.78 is 0. The summed E-state index contributed by atoms with van der Waals surface area (Å²) in [5.74, 6) is 2.66. The Labute approximate surface area is 128 Å². The molecule has 0 unspecified atom stereocenters. The van der Waals surface area contributed by atoms with Gasteiger partial charge in [-0.25, -0.2) is 0 Å². The van der Waals surface area contributed by atoms with Crippen LogP contribution in [0.2, 0.25) is 0 Å². The van der Waals surface area contributed by atoms with Crippen molar-refractivity contribution in [3.05, 3.63) is 36.0 Å². The third-order valence-electron chi connectivity index (χ3n) is 7.36. The van der Waals surface area contributed by atoms with E-state index in [9.17, 15) is 4.79 Å². The number of fused-ring (bicyclic) bond motifs is 5. The minimum absolute atomic E-state index is 0.000717. The largest absolute Gasteiger partial charge is 0.299 e. The summed E-state index contributed by atoms with van der Waals surface area (Å²) in [6, 6.07) is 0. The summed E-state index contributed by atoms with van der Waals surface area (Å²) in [5, 5.41) is 0. The molecule has 4 aliphatic carbocycles. The van der Waals surface area contributed by atoms with Gasteiger partial charge in [-0.1, -0.05) is 44.2 Å². The van der Waals surface area contributed by atoms with Gasteiger partial charge in [0.25, 0.3) is 0 Å². The molecule has 112 valence electrons. The van der Waals surface area contributed by atoms with E-state index in [-0.39, 0.29) is 10.8 Å². The Kier molecular flexibility index (Phi) is 2.72. The van der Waals surface area contributed by atoms with E-state index in [0.717, 1.165) is 36.7 Å². The average molecular weight is 282 g/mol. The molecule has 0 aromatic heterocycles. The lowest BCUT2D eigenvalue weighted by Gasteiger charge is -2.55. The molecule has 3 fully saturated rings. The molecule has 0 aromatic rings. The maximum absolute atomic E-state index is 12.4. The fraction of sp³-hybridized carbons (Fsp3) is 0.650. The molecule has 0 saturated heterocycles. The van der Waals surface area contributed by atoms with E-state index < -0.39 is 0 Å². The molecule has 0 aliphatic heterocycles. The molecule has 1 heteroatoms. The first-order valence-corrected chi connectivity index (χ1v) is 8.58. The van der Waals surface area contributed by atoms with Crippen molar-refractivity contribution < 1.29 is 4.79 Å². The lowest BCUT2D eigenvalue weighted by atomic mass is 9.48. The molecular formula is C20H26O. The van der Waals surface area contributed by atoms with Crippen LogP contribution in [-0.4, -0.2) is 5.78 Å². The van der Waals surface area contributed by atoms with Gasteiger partial charge in [0.15, 0.2) is 0 Å². The first-order valence-electron chi connectivity index (χ1n) is 8.58. The SMILES string of the molecule is C=C1C=C[C@]2(C)C(=C1)CC[C@@H]1[C@H]3CCC(=O)[C@]3(C)CC[C@H]12. The molecule has 0 N–H and O–H groups in total. The molecule has 1 nitrogen and oxygen atoms in total. The van der Waals surface area contributed by atoms with Crippen LogP contribution in [0.4, 0.5) is 0 Å². The zero-order chi connectivity index (χ0) is 14.8. The fourth-order valence-electron chi connectivity index (χ4n) is 6.05. The molecule has 0 amide bonds. The van der Waals surface area contributed by atoms with Crippen LogP contribution in [0.25, 0.3) is 0 Å². The number of rotatable bonds is 0. The monoisotopic (exact) mass is 282 g/mol. The fourth-order valence-corrected chi connectivity index (χ4v) is 6.05. The van der Waals surface area contributed by atoms with Gasteiger partial charge in [-0.3, -0.25) is 4.79 Å². The quantitative estimate of drug-likeness (QED) is 0.620. The third kappa shape index (κ3) is 1.67. The Balaban J connectivity index is 1.72. The molecule has 0 bridgehead atoms. The molecule has 4 rings (SSSR count). The highest BCUT2D eigenvalue weighted by Gasteiger charge is 2.58. The van der Waals surface area contributed by atoms with E-state index >= 15 is 0 Å². The van der Waals surface area contributed by atoms with Crippen LogP contribution in [0, 0.1) is 28.6 Å². The molecular weight excluding hydrogens is 256 g/mol. The maximum atomic E-state index is 12.4. The molecule has 0 radical (unpaired) electrons. The Morgan fingerprint density at radius 2 is 1.95 bits per heavy atom. The lowest BCUT2D eigenvalue weighted by molar-refractivity contribution is -0.131. The highest BCUT2D eigenvalue weighted by Crippen LogP contribution is 2.63. The minimum atomic E-state index is 0.000717. The number of hydrogen-bond donors (Lipinski definition) is 0. The second kappa shape index (κ2) is 4.21. The van der Waals surface area contributed by atoms with Gasteiger partial charge in [0.05, 0.1) is 0 Å². The first kappa shape index (κ1) is 13.5. The Morgan fingerprint density at radius 1 is 1.14 bits per heavy atom. The first-order chi connectivity index (χ1) is 9.95. The van der Waals surface area contributed by atoms with Gasteiger partial charge < -0.3 is 0 Å². The van der Waals surface area contributed by atoms with Gasteiger partial charge in [0.2, 0.25) is 0 Å². The van der Waals surface area contributed by atoms with Crippen LogP contribution in [0.15, 0.2) is 36.0 Å². The zero-order valence-corrected chi connectivity index (χ0v) is 13.3. The van der Waals surface area contributed by atoms with E-state index in [1.807, 2.05) is 0 Å². The highest BCUT2D eigenvalue weighted by molar-refractivity contribution is 5.87. The Morgan fingerprint density at radius 3 is 2.76 bits per heavy atom. The van der Waals surface area contributed by atoms with Crippen molar-refractivity contribution in [3.8, 4) is 0 Å². The van der Waals surface area contributed by atoms with Crippen molar-refractivity contribution in [2.75, 3.05) is 0 Å². The van der Waals surface area contributed by atoms with Gasteiger partial charge in [-0.2, -0.15) is 0 Å². The topological polar surface area (TPSA) is 17.1 Å². The van der Waals surface area contributed by atoms with E-state index in [1.54, 1.807) is 5.57 Å². The number of carbonyl (C=O) groups excluding carboxylic acids is 1. The molecule has 3 saturated carbocycles. The normalized spacial score (nSPS) is 48.5. The zero-order valence-electron chi connectivity index (χ0n) is 13.3. The number of carbonyl (C=O) groups is 1. The van der Waals surface area contributed by atoms with Crippen molar-refractivity contribution in [3.63, 3.8) is 0 Å². The summed E-state index contributed by atoms with van der Waals surface area (Å²) in [6.07, 6.45) is 13.7. The Bertz CT molecular complexity index is 581. The number of allylic oxidation sites excluding steroid dienone is 5. The van der Waals surface area contributed by atoms with E-state index in [1.165, 1.54) is 19.3 Å². The number of ketones is 1. The van der Waals surface area contributed by atoms with Gasteiger partial charge in [-0.05, 0) is 55.4 Å². The predicted molar refractivity (Wildman–Crippen MR) is 85.8 cm³/mol. The van der Waals surface area contributed by atoms with Gasteiger partial charge in [-0.15, -0.1) is 0 Å². The molecule has 21 heavy (non-hydrogen) atoms. The molecule has 0 spiro atoms. The molecule has 5 atom stereocenters. The van der Waals surface area contributed by atoms with Crippen molar-refractivity contribution >= 4 is 5.78 Å². The van der Waals surface area contributed by atoms with E-state index in [2.05, 4.69) is 38.7 Å². The maximum Gasteiger partial charge on any atom is 0.139 e. The van der Waals surface area contributed by atoms with Crippen LogP contribution in [0.1, 0.15) is 52.4 Å². The van der Waals surface area contributed by atoms with Gasteiger partial charge in [0.1, 0.15) is 5.78 Å².